The fraction of sp³-hybridized carbons (Fsp3) is 0.667. The van der Waals surface area contributed by atoms with Crippen LogP contribution in [0.15, 0.2) is 0 Å². The van der Waals surface area contributed by atoms with Crippen LogP contribution >= 0.6 is 0 Å². The van der Waals surface area contributed by atoms with Gasteiger partial charge in [-0.15, -0.1) is 0 Å². The second-order valence-corrected chi connectivity index (χ2v) is 8.34. The summed E-state index contributed by atoms with van der Waals surface area (Å²) in [5.41, 5.74) is 0. The Morgan fingerprint density at radius 2 is 0.250 bits per heavy atom. The molecule has 48 heavy (non-hydrogen) atoms. The molecular weight excluding hydrogens is 656 g/mol. The monoisotopic (exact) mass is 712 g/mol. The van der Waals surface area contributed by atoms with Crippen LogP contribution < -0.4 is 0 Å². The van der Waals surface area contributed by atoms with Gasteiger partial charge in [-0.1, -0.05) is 0 Å². The first kappa shape index (κ1) is 62.3. The maximum Gasteiger partial charge on any atom is 0.242 e. The van der Waals surface area contributed by atoms with Gasteiger partial charge >= 0.3 is 0 Å². The van der Waals surface area contributed by atoms with Crippen LogP contribution in [0, 0.1) is 0 Å². The van der Waals surface area contributed by atoms with E-state index in [1.807, 2.05) is 0 Å². The molecule has 0 aliphatic rings. The quantitative estimate of drug-likeness (QED) is 0.108. The van der Waals surface area contributed by atoms with Crippen molar-refractivity contribution < 1.29 is 80.0 Å². The largest absolute Gasteiger partial charge is 0.286 e. The molecule has 0 rings (SSSR count). The van der Waals surface area contributed by atoms with E-state index in [2.05, 4.69) is 0 Å². The summed E-state index contributed by atoms with van der Waals surface area (Å²) in [6, 6.07) is 0. The van der Waals surface area contributed by atoms with Gasteiger partial charge in [0.25, 0.3) is 0 Å². The molecule has 0 aromatic heterocycles. The Morgan fingerprint density at radius 1 is 0.229 bits per heavy atom. The standard InChI is InChI=1S/8C3H7NO2/c8*1-3(5)4(2)6/h8*6H,1-2H3. The van der Waals surface area contributed by atoms with E-state index in [0.717, 1.165) is 0 Å². The first-order valence-electron chi connectivity index (χ1n) is 12.6. The van der Waals surface area contributed by atoms with Gasteiger partial charge < -0.3 is 0 Å². The summed E-state index contributed by atoms with van der Waals surface area (Å²) in [6.07, 6.45) is 0. The molecule has 24 nitrogen and oxygen atoms in total. The van der Waals surface area contributed by atoms with Crippen LogP contribution in [0.1, 0.15) is 55.4 Å². The number of rotatable bonds is 0. The summed E-state index contributed by atoms with van der Waals surface area (Å²) in [5.74, 6) is -2.81. The number of nitrogens with zero attached hydrogens (tertiary/aromatic N) is 8. The van der Waals surface area contributed by atoms with Crippen molar-refractivity contribution in [3.05, 3.63) is 0 Å². The van der Waals surface area contributed by atoms with Crippen molar-refractivity contribution in [3.63, 3.8) is 0 Å². The average molecular weight is 713 g/mol. The van der Waals surface area contributed by atoms with Crippen molar-refractivity contribution in [1.29, 1.82) is 0 Å². The second-order valence-electron chi connectivity index (χ2n) is 8.34. The van der Waals surface area contributed by atoms with Gasteiger partial charge in [0.05, 0.1) is 0 Å². The third kappa shape index (κ3) is 90.0. The molecule has 8 N–H and O–H groups in total. The average Bonchev–Trinajstić information content (AvgIpc) is 2.90. The Balaban J connectivity index is -0.0000000635. The molecule has 0 spiro atoms. The predicted molar refractivity (Wildman–Crippen MR) is 162 cm³/mol. The third-order valence-corrected chi connectivity index (χ3v) is 3.65. The van der Waals surface area contributed by atoms with Gasteiger partial charge in [0, 0.05) is 112 Å². The third-order valence-electron chi connectivity index (χ3n) is 3.65. The van der Waals surface area contributed by atoms with Crippen LogP contribution in [-0.2, 0) is 38.4 Å². The van der Waals surface area contributed by atoms with Crippen LogP contribution in [0.5, 0.6) is 0 Å². The van der Waals surface area contributed by atoms with Crippen molar-refractivity contribution in [2.45, 2.75) is 55.4 Å². The molecule has 288 valence electrons. The van der Waals surface area contributed by atoms with Crippen LogP contribution in [0.4, 0.5) is 0 Å². The van der Waals surface area contributed by atoms with Crippen LogP contribution in [0.25, 0.3) is 0 Å². The molecule has 0 unspecified atom stereocenters. The van der Waals surface area contributed by atoms with E-state index in [0.29, 0.717) is 40.5 Å². The second kappa shape index (κ2) is 38.6. The fourth-order valence-corrected chi connectivity index (χ4v) is 0. The molecular formula is C24H56N8O16. The highest BCUT2D eigenvalue weighted by Gasteiger charge is 1.93. The normalized spacial score (nSPS) is 7.83. The van der Waals surface area contributed by atoms with Gasteiger partial charge in [-0.25, -0.2) is 40.5 Å². The minimum atomic E-state index is -0.352. The molecule has 0 saturated heterocycles. The number of carbonyl (C=O) groups excluding carboxylic acids is 8. The van der Waals surface area contributed by atoms with E-state index in [-0.39, 0.29) is 47.3 Å². The van der Waals surface area contributed by atoms with Gasteiger partial charge in [-0.2, -0.15) is 0 Å². The van der Waals surface area contributed by atoms with E-state index < -0.39 is 0 Å². The minimum absolute atomic E-state index is 0.352. The molecule has 0 bridgehead atoms. The summed E-state index contributed by atoms with van der Waals surface area (Å²) in [7, 11) is 10.2. The smallest absolute Gasteiger partial charge is 0.242 e. The van der Waals surface area contributed by atoms with Crippen LogP contribution in [0.2, 0.25) is 0 Å². The SMILES string of the molecule is CC(=O)N(C)O.CC(=O)N(C)O.CC(=O)N(C)O.CC(=O)N(C)O.CC(=O)N(C)O.CC(=O)N(C)O.CC(=O)N(C)O.CC(=O)N(C)O. The van der Waals surface area contributed by atoms with Crippen molar-refractivity contribution in [2.75, 3.05) is 56.4 Å². The van der Waals surface area contributed by atoms with Crippen molar-refractivity contribution in [3.8, 4) is 0 Å². The lowest BCUT2D eigenvalue weighted by Crippen LogP contribution is -2.17. The Bertz CT molecular complexity index is 695. The van der Waals surface area contributed by atoms with Gasteiger partial charge in [0.15, 0.2) is 0 Å². The summed E-state index contributed by atoms with van der Waals surface area (Å²) in [4.78, 5) is 78.6. The summed E-state index contributed by atoms with van der Waals surface area (Å²) < 4.78 is 0. The van der Waals surface area contributed by atoms with E-state index >= 15 is 0 Å². The zero-order valence-electron chi connectivity index (χ0n) is 30.4. The number of hydrogen-bond donors (Lipinski definition) is 8. The molecule has 0 atom stereocenters. The van der Waals surface area contributed by atoms with Crippen LogP contribution in [-0.4, -0.2) is 186 Å². The van der Waals surface area contributed by atoms with Gasteiger partial charge in [-0.3, -0.25) is 80.0 Å². The lowest BCUT2D eigenvalue weighted by molar-refractivity contribution is -0.156. The summed E-state index contributed by atoms with van der Waals surface area (Å²) >= 11 is 0. The lowest BCUT2D eigenvalue weighted by Gasteiger charge is -1.99. The van der Waals surface area contributed by atoms with Gasteiger partial charge in [0.2, 0.25) is 47.3 Å². The number of hydroxylamine groups is 16. The highest BCUT2D eigenvalue weighted by atomic mass is 16.5. The van der Waals surface area contributed by atoms with E-state index in [1.54, 1.807) is 0 Å². The first-order chi connectivity index (χ1) is 21.1. The van der Waals surface area contributed by atoms with Crippen molar-refractivity contribution >= 4 is 47.3 Å². The highest BCUT2D eigenvalue weighted by molar-refractivity contribution is 5.73. The predicted octanol–water partition coefficient (Wildman–Crippen LogP) is -1.17. The zero-order valence-corrected chi connectivity index (χ0v) is 30.4. The molecule has 0 aromatic carbocycles. The minimum Gasteiger partial charge on any atom is -0.286 e. The zero-order chi connectivity index (χ0) is 41.2. The van der Waals surface area contributed by atoms with Gasteiger partial charge in [-0.05, 0) is 0 Å². The van der Waals surface area contributed by atoms with E-state index in [4.69, 9.17) is 41.7 Å². The molecule has 0 radical (unpaired) electrons. The topological polar surface area (TPSA) is 324 Å². The van der Waals surface area contributed by atoms with Crippen molar-refractivity contribution in [1.82, 2.24) is 40.5 Å². The summed E-state index contributed by atoms with van der Waals surface area (Å²) in [6.45, 7) is 10.2. The van der Waals surface area contributed by atoms with E-state index in [1.165, 1.54) is 112 Å². The molecule has 0 heterocycles. The highest BCUT2D eigenvalue weighted by Crippen LogP contribution is 1.72. The van der Waals surface area contributed by atoms with Gasteiger partial charge in [0.1, 0.15) is 0 Å². The Kier molecular flexibility index (Phi) is 50.1. The molecule has 0 aromatic rings. The number of amides is 8. The maximum absolute atomic E-state index is 9.82. The van der Waals surface area contributed by atoms with E-state index in [9.17, 15) is 38.4 Å². The fourth-order valence-electron chi connectivity index (χ4n) is 0. The molecule has 0 saturated carbocycles. The Morgan fingerprint density at radius 3 is 0.250 bits per heavy atom. The molecule has 0 fully saturated rings. The summed E-state index contributed by atoms with van der Waals surface area (Å²) in [5, 5.41) is 69.1. The molecule has 0 aliphatic heterocycles. The molecule has 8 amide bonds. The maximum atomic E-state index is 9.82. The number of carbonyl (C=O) groups is 8. The van der Waals surface area contributed by atoms with Crippen LogP contribution in [0.3, 0.4) is 0 Å². The Hall–Kier alpha value is -4.56. The Labute approximate surface area is 280 Å². The number of hydrogen-bond acceptors (Lipinski definition) is 16. The molecule has 0 aliphatic carbocycles. The van der Waals surface area contributed by atoms with Crippen molar-refractivity contribution in [2.24, 2.45) is 0 Å². The lowest BCUT2D eigenvalue weighted by atomic mass is 10.7. The molecule has 24 heteroatoms. The first-order valence-corrected chi connectivity index (χ1v) is 12.6.